The number of aromatic nitrogens is 2. The summed E-state index contributed by atoms with van der Waals surface area (Å²) >= 11 is 0. The first kappa shape index (κ1) is 11.4. The van der Waals surface area contributed by atoms with E-state index >= 15 is 0 Å². The molecule has 0 aliphatic rings. The molecule has 2 aromatic rings. The van der Waals surface area contributed by atoms with Crippen LogP contribution in [0.2, 0.25) is 0 Å². The smallest absolute Gasteiger partial charge is 0.383 e. The van der Waals surface area contributed by atoms with Crippen LogP contribution in [0.5, 0.6) is 0 Å². The Morgan fingerprint density at radius 3 is 2.53 bits per heavy atom. The average Bonchev–Trinajstić information content (AvgIpc) is 2.63. The van der Waals surface area contributed by atoms with E-state index in [0.29, 0.717) is 11.9 Å². The van der Waals surface area contributed by atoms with Gasteiger partial charge in [-0.1, -0.05) is 5.16 Å². The SMILES string of the molecule is Cc1cc(-c2cc(C(F)(F)F)cnc2N)on1. The van der Waals surface area contributed by atoms with Gasteiger partial charge in [0.15, 0.2) is 5.76 Å². The van der Waals surface area contributed by atoms with Crippen molar-refractivity contribution in [1.82, 2.24) is 10.1 Å². The summed E-state index contributed by atoms with van der Waals surface area (Å²) < 4.78 is 42.3. The van der Waals surface area contributed by atoms with Gasteiger partial charge in [0.25, 0.3) is 0 Å². The van der Waals surface area contributed by atoms with Gasteiger partial charge in [0.05, 0.1) is 16.8 Å². The lowest BCUT2D eigenvalue weighted by Gasteiger charge is -2.08. The summed E-state index contributed by atoms with van der Waals surface area (Å²) in [5, 5.41) is 3.59. The van der Waals surface area contributed by atoms with E-state index in [0.717, 1.165) is 6.07 Å². The average molecular weight is 243 g/mol. The highest BCUT2D eigenvalue weighted by Crippen LogP contribution is 2.33. The van der Waals surface area contributed by atoms with Gasteiger partial charge in [-0.15, -0.1) is 0 Å². The molecule has 2 N–H and O–H groups in total. The summed E-state index contributed by atoms with van der Waals surface area (Å²) in [6, 6.07) is 2.38. The van der Waals surface area contributed by atoms with Crippen molar-refractivity contribution < 1.29 is 17.7 Å². The minimum Gasteiger partial charge on any atom is -0.383 e. The van der Waals surface area contributed by atoms with Crippen molar-refractivity contribution in [2.75, 3.05) is 5.73 Å². The van der Waals surface area contributed by atoms with Crippen molar-refractivity contribution in [3.05, 3.63) is 29.6 Å². The van der Waals surface area contributed by atoms with E-state index in [1.165, 1.54) is 6.07 Å². The fourth-order valence-electron chi connectivity index (χ4n) is 1.32. The minimum atomic E-state index is -4.47. The number of alkyl halides is 3. The molecule has 90 valence electrons. The van der Waals surface area contributed by atoms with Crippen molar-refractivity contribution in [2.24, 2.45) is 0 Å². The quantitative estimate of drug-likeness (QED) is 0.836. The van der Waals surface area contributed by atoms with Crippen LogP contribution < -0.4 is 5.73 Å². The van der Waals surface area contributed by atoms with Crippen molar-refractivity contribution in [3.63, 3.8) is 0 Å². The minimum absolute atomic E-state index is 0.0332. The van der Waals surface area contributed by atoms with Crippen molar-refractivity contribution in [1.29, 1.82) is 0 Å². The first-order chi connectivity index (χ1) is 7.88. The Bertz CT molecular complexity index is 548. The zero-order valence-electron chi connectivity index (χ0n) is 8.75. The van der Waals surface area contributed by atoms with Gasteiger partial charge < -0.3 is 10.3 Å². The van der Waals surface area contributed by atoms with Crippen molar-refractivity contribution in [2.45, 2.75) is 13.1 Å². The molecule has 7 heteroatoms. The fourth-order valence-corrected chi connectivity index (χ4v) is 1.32. The molecule has 2 rings (SSSR count). The van der Waals surface area contributed by atoms with Crippen LogP contribution in [0.3, 0.4) is 0 Å². The molecule has 0 aliphatic carbocycles. The molecule has 0 aliphatic heterocycles. The molecule has 0 aromatic carbocycles. The van der Waals surface area contributed by atoms with E-state index in [-0.39, 0.29) is 17.1 Å². The fraction of sp³-hybridized carbons (Fsp3) is 0.200. The Kier molecular flexibility index (Phi) is 2.53. The second-order valence-corrected chi connectivity index (χ2v) is 3.49. The van der Waals surface area contributed by atoms with Crippen LogP contribution >= 0.6 is 0 Å². The Balaban J connectivity index is 2.54. The monoisotopic (exact) mass is 243 g/mol. The summed E-state index contributed by atoms with van der Waals surface area (Å²) in [6.45, 7) is 1.66. The van der Waals surface area contributed by atoms with Gasteiger partial charge >= 0.3 is 6.18 Å². The summed E-state index contributed by atoms with van der Waals surface area (Å²) in [4.78, 5) is 3.50. The molecule has 0 saturated heterocycles. The maximum absolute atomic E-state index is 12.5. The summed E-state index contributed by atoms with van der Waals surface area (Å²) in [5.74, 6) is 0.132. The van der Waals surface area contributed by atoms with E-state index in [1.54, 1.807) is 6.92 Å². The number of rotatable bonds is 1. The molecule has 0 fully saturated rings. The van der Waals surface area contributed by atoms with Gasteiger partial charge in [0.2, 0.25) is 0 Å². The molecule has 0 saturated carbocycles. The van der Waals surface area contributed by atoms with E-state index in [2.05, 4.69) is 10.1 Å². The number of pyridine rings is 1. The molecule has 0 atom stereocenters. The summed E-state index contributed by atoms with van der Waals surface area (Å²) in [5.41, 5.74) is 5.27. The highest BCUT2D eigenvalue weighted by atomic mass is 19.4. The van der Waals surface area contributed by atoms with Gasteiger partial charge in [-0.3, -0.25) is 0 Å². The lowest BCUT2D eigenvalue weighted by Crippen LogP contribution is -2.07. The largest absolute Gasteiger partial charge is 0.417 e. The standard InChI is InChI=1S/C10H8F3N3O/c1-5-2-8(17-16-5)7-3-6(10(11,12)13)4-15-9(7)14/h2-4H,1H3,(H2,14,15). The van der Waals surface area contributed by atoms with Gasteiger partial charge in [-0.25, -0.2) is 4.98 Å². The second kappa shape index (κ2) is 3.76. The molecular weight excluding hydrogens is 235 g/mol. The Morgan fingerprint density at radius 1 is 1.29 bits per heavy atom. The number of nitrogens with two attached hydrogens (primary N) is 1. The summed E-state index contributed by atoms with van der Waals surface area (Å²) in [7, 11) is 0. The number of nitrogen functional groups attached to an aromatic ring is 1. The van der Waals surface area contributed by atoms with Gasteiger partial charge in [-0.2, -0.15) is 13.2 Å². The molecule has 0 amide bonds. The predicted octanol–water partition coefficient (Wildman–Crippen LogP) is 2.65. The van der Waals surface area contributed by atoms with Crippen LogP contribution in [0.15, 0.2) is 22.9 Å². The van der Waals surface area contributed by atoms with Crippen LogP contribution in [-0.4, -0.2) is 10.1 Å². The zero-order chi connectivity index (χ0) is 12.6. The lowest BCUT2D eigenvalue weighted by atomic mass is 10.1. The normalized spacial score (nSPS) is 11.8. The number of nitrogens with zero attached hydrogens (tertiary/aromatic N) is 2. The van der Waals surface area contributed by atoms with Crippen LogP contribution in [-0.2, 0) is 6.18 Å². The molecule has 0 bridgehead atoms. The zero-order valence-corrected chi connectivity index (χ0v) is 8.75. The first-order valence-electron chi connectivity index (χ1n) is 4.64. The van der Waals surface area contributed by atoms with E-state index in [4.69, 9.17) is 10.3 Å². The predicted molar refractivity (Wildman–Crippen MR) is 53.9 cm³/mol. The first-order valence-corrected chi connectivity index (χ1v) is 4.64. The number of halogens is 3. The Hall–Kier alpha value is -2.05. The third-order valence-corrected chi connectivity index (χ3v) is 2.14. The van der Waals surface area contributed by atoms with E-state index in [9.17, 15) is 13.2 Å². The van der Waals surface area contributed by atoms with Crippen LogP contribution in [0.1, 0.15) is 11.3 Å². The lowest BCUT2D eigenvalue weighted by molar-refractivity contribution is -0.137. The maximum atomic E-state index is 12.5. The van der Waals surface area contributed by atoms with E-state index in [1.807, 2.05) is 0 Å². The molecule has 0 spiro atoms. The van der Waals surface area contributed by atoms with Gasteiger partial charge in [0, 0.05) is 12.3 Å². The molecule has 4 nitrogen and oxygen atoms in total. The molecule has 0 radical (unpaired) electrons. The highest BCUT2D eigenvalue weighted by molar-refractivity contribution is 5.70. The topological polar surface area (TPSA) is 64.9 Å². The third-order valence-electron chi connectivity index (χ3n) is 2.14. The number of hydrogen-bond donors (Lipinski definition) is 1. The molecule has 0 unspecified atom stereocenters. The van der Waals surface area contributed by atoms with Gasteiger partial charge in [-0.05, 0) is 13.0 Å². The van der Waals surface area contributed by atoms with Crippen molar-refractivity contribution in [3.8, 4) is 11.3 Å². The Labute approximate surface area is 94.2 Å². The number of hydrogen-bond acceptors (Lipinski definition) is 4. The summed E-state index contributed by atoms with van der Waals surface area (Å²) in [6.07, 6.45) is -3.79. The molecular formula is C10H8F3N3O. The molecule has 17 heavy (non-hydrogen) atoms. The van der Waals surface area contributed by atoms with Crippen LogP contribution in [0.4, 0.5) is 19.0 Å². The van der Waals surface area contributed by atoms with Crippen LogP contribution in [0.25, 0.3) is 11.3 Å². The van der Waals surface area contributed by atoms with Crippen LogP contribution in [0, 0.1) is 6.92 Å². The second-order valence-electron chi connectivity index (χ2n) is 3.49. The van der Waals surface area contributed by atoms with Gasteiger partial charge in [0.1, 0.15) is 5.82 Å². The molecule has 2 aromatic heterocycles. The number of aryl methyl sites for hydroxylation is 1. The Morgan fingerprint density at radius 2 is 2.00 bits per heavy atom. The van der Waals surface area contributed by atoms with E-state index < -0.39 is 11.7 Å². The number of anilines is 1. The molecule has 2 heterocycles. The highest BCUT2D eigenvalue weighted by Gasteiger charge is 2.32. The third kappa shape index (κ3) is 2.22. The van der Waals surface area contributed by atoms with Crippen molar-refractivity contribution >= 4 is 5.82 Å². The maximum Gasteiger partial charge on any atom is 0.417 e.